The molecule has 8 heteroatoms. The fourth-order valence-corrected chi connectivity index (χ4v) is 3.39. The zero-order valence-corrected chi connectivity index (χ0v) is 15.7. The van der Waals surface area contributed by atoms with Crippen molar-refractivity contribution in [1.29, 1.82) is 0 Å². The predicted octanol–water partition coefficient (Wildman–Crippen LogP) is 3.77. The van der Waals surface area contributed by atoms with Gasteiger partial charge in [0.05, 0.1) is 14.9 Å². The van der Waals surface area contributed by atoms with Gasteiger partial charge in [-0.05, 0) is 56.6 Å². The summed E-state index contributed by atoms with van der Waals surface area (Å²) in [6.07, 6.45) is 0. The Balaban J connectivity index is 2.05. The highest BCUT2D eigenvalue weighted by molar-refractivity contribution is 7.92. The molecule has 0 unspecified atom stereocenters. The van der Waals surface area contributed by atoms with Crippen molar-refractivity contribution < 1.29 is 8.42 Å². The van der Waals surface area contributed by atoms with Gasteiger partial charge in [0.15, 0.2) is 0 Å². The van der Waals surface area contributed by atoms with E-state index in [-0.39, 0.29) is 9.92 Å². The Bertz CT molecular complexity index is 793. The summed E-state index contributed by atoms with van der Waals surface area (Å²) >= 11 is 11.7. The summed E-state index contributed by atoms with van der Waals surface area (Å²) < 4.78 is 27.2. The van der Waals surface area contributed by atoms with Gasteiger partial charge in [0.1, 0.15) is 0 Å². The molecule has 0 atom stereocenters. The van der Waals surface area contributed by atoms with Gasteiger partial charge in [-0.2, -0.15) is 0 Å². The summed E-state index contributed by atoms with van der Waals surface area (Å²) in [6, 6.07) is 11.2. The first-order chi connectivity index (χ1) is 11.3. The quantitative estimate of drug-likeness (QED) is 0.758. The van der Waals surface area contributed by atoms with E-state index >= 15 is 0 Å². The third-order valence-corrected chi connectivity index (χ3v) is 5.34. The van der Waals surface area contributed by atoms with Crippen LogP contribution in [0.15, 0.2) is 47.4 Å². The Morgan fingerprint density at radius 3 is 2.17 bits per heavy atom. The van der Waals surface area contributed by atoms with Crippen molar-refractivity contribution in [1.82, 2.24) is 4.90 Å². The van der Waals surface area contributed by atoms with Gasteiger partial charge >= 0.3 is 0 Å². The summed E-state index contributed by atoms with van der Waals surface area (Å²) in [5, 5.41) is 3.76. The minimum atomic E-state index is -3.71. The molecule has 130 valence electrons. The fraction of sp³-hybridized carbons (Fsp3) is 0.250. The average molecular weight is 388 g/mol. The molecular weight excluding hydrogens is 369 g/mol. The lowest BCUT2D eigenvalue weighted by atomic mass is 10.3. The largest absolute Gasteiger partial charge is 0.384 e. The lowest BCUT2D eigenvalue weighted by molar-refractivity contribution is 0.425. The van der Waals surface area contributed by atoms with Gasteiger partial charge < -0.3 is 10.2 Å². The molecule has 0 aliphatic rings. The van der Waals surface area contributed by atoms with Crippen LogP contribution in [-0.4, -0.2) is 40.5 Å². The van der Waals surface area contributed by atoms with Gasteiger partial charge in [-0.1, -0.05) is 23.2 Å². The molecule has 0 aliphatic heterocycles. The second-order valence-electron chi connectivity index (χ2n) is 5.49. The molecule has 2 N–H and O–H groups in total. The van der Waals surface area contributed by atoms with Crippen molar-refractivity contribution in [2.75, 3.05) is 37.2 Å². The first-order valence-corrected chi connectivity index (χ1v) is 9.48. The van der Waals surface area contributed by atoms with Gasteiger partial charge in [-0.25, -0.2) is 8.42 Å². The molecule has 0 aromatic heterocycles. The van der Waals surface area contributed by atoms with Crippen molar-refractivity contribution in [2.24, 2.45) is 0 Å². The number of halogens is 2. The molecule has 0 bridgehead atoms. The van der Waals surface area contributed by atoms with Crippen LogP contribution >= 0.6 is 23.2 Å². The minimum absolute atomic E-state index is 0.0603. The fourth-order valence-electron chi connectivity index (χ4n) is 1.94. The first kappa shape index (κ1) is 18.9. The normalized spacial score (nSPS) is 11.5. The first-order valence-electron chi connectivity index (χ1n) is 7.24. The number of rotatable bonds is 7. The standard InChI is InChI=1S/C16H19Cl2N3O2S/c1-21(2)10-9-19-12-3-5-13(6-4-12)20-24(22,23)14-7-8-15(17)16(18)11-14/h3-8,11,19-20H,9-10H2,1-2H3. The van der Waals surface area contributed by atoms with Crippen LogP contribution < -0.4 is 10.0 Å². The van der Waals surface area contributed by atoms with Crippen molar-refractivity contribution >= 4 is 44.6 Å². The van der Waals surface area contributed by atoms with E-state index in [4.69, 9.17) is 23.2 Å². The molecular formula is C16H19Cl2N3O2S. The minimum Gasteiger partial charge on any atom is -0.384 e. The molecule has 24 heavy (non-hydrogen) atoms. The Labute approximate surface area is 152 Å². The monoisotopic (exact) mass is 387 g/mol. The molecule has 0 amide bonds. The summed E-state index contributed by atoms with van der Waals surface area (Å²) in [5.74, 6) is 0. The van der Waals surface area contributed by atoms with Crippen LogP contribution in [0.3, 0.4) is 0 Å². The Morgan fingerprint density at radius 2 is 1.58 bits per heavy atom. The number of benzene rings is 2. The van der Waals surface area contributed by atoms with Gasteiger partial charge in [0, 0.05) is 24.5 Å². The predicted molar refractivity (Wildman–Crippen MR) is 101 cm³/mol. The van der Waals surface area contributed by atoms with Crippen LogP contribution in [0.5, 0.6) is 0 Å². The Kier molecular flexibility index (Phi) is 6.34. The van der Waals surface area contributed by atoms with E-state index in [2.05, 4.69) is 14.9 Å². The molecule has 0 fully saturated rings. The Morgan fingerprint density at radius 1 is 0.958 bits per heavy atom. The van der Waals surface area contributed by atoms with E-state index in [0.717, 1.165) is 18.8 Å². The maximum absolute atomic E-state index is 12.4. The van der Waals surface area contributed by atoms with E-state index in [1.54, 1.807) is 12.1 Å². The maximum Gasteiger partial charge on any atom is 0.261 e. The molecule has 5 nitrogen and oxygen atoms in total. The molecule has 0 saturated heterocycles. The highest BCUT2D eigenvalue weighted by atomic mass is 35.5. The zero-order chi connectivity index (χ0) is 17.7. The van der Waals surface area contributed by atoms with Crippen molar-refractivity contribution in [3.05, 3.63) is 52.5 Å². The van der Waals surface area contributed by atoms with Crippen LogP contribution in [-0.2, 0) is 10.0 Å². The van der Waals surface area contributed by atoms with Crippen molar-refractivity contribution in [3.8, 4) is 0 Å². The Hall–Kier alpha value is -1.47. The molecule has 0 aliphatic carbocycles. The third kappa shape index (κ3) is 5.27. The summed E-state index contributed by atoms with van der Waals surface area (Å²) in [6.45, 7) is 1.72. The molecule has 0 heterocycles. The van der Waals surface area contributed by atoms with E-state index in [9.17, 15) is 8.42 Å². The van der Waals surface area contributed by atoms with Crippen LogP contribution in [0.2, 0.25) is 10.0 Å². The van der Waals surface area contributed by atoms with E-state index in [0.29, 0.717) is 10.7 Å². The lowest BCUT2D eigenvalue weighted by Gasteiger charge is -2.12. The molecule has 2 aromatic rings. The number of anilines is 2. The summed E-state index contributed by atoms with van der Waals surface area (Å²) in [7, 11) is 0.291. The third-order valence-electron chi connectivity index (χ3n) is 3.23. The highest BCUT2D eigenvalue weighted by Crippen LogP contribution is 2.26. The number of nitrogens with zero attached hydrogens (tertiary/aromatic N) is 1. The van der Waals surface area contributed by atoms with E-state index in [1.807, 2.05) is 26.2 Å². The van der Waals surface area contributed by atoms with Crippen LogP contribution in [0.1, 0.15) is 0 Å². The molecule has 2 aromatic carbocycles. The van der Waals surface area contributed by atoms with E-state index in [1.165, 1.54) is 18.2 Å². The van der Waals surface area contributed by atoms with Crippen molar-refractivity contribution in [3.63, 3.8) is 0 Å². The topological polar surface area (TPSA) is 61.4 Å². The van der Waals surface area contributed by atoms with Gasteiger partial charge in [0.2, 0.25) is 0 Å². The molecule has 0 radical (unpaired) electrons. The van der Waals surface area contributed by atoms with Crippen LogP contribution in [0.4, 0.5) is 11.4 Å². The number of hydrogen-bond donors (Lipinski definition) is 2. The zero-order valence-electron chi connectivity index (χ0n) is 13.4. The van der Waals surface area contributed by atoms with E-state index < -0.39 is 10.0 Å². The second kappa shape index (κ2) is 8.07. The van der Waals surface area contributed by atoms with Crippen LogP contribution in [0.25, 0.3) is 0 Å². The number of sulfonamides is 1. The highest BCUT2D eigenvalue weighted by Gasteiger charge is 2.15. The maximum atomic E-state index is 12.4. The second-order valence-corrected chi connectivity index (χ2v) is 7.99. The number of likely N-dealkylation sites (N-methyl/N-ethyl adjacent to an activating group) is 1. The number of hydrogen-bond acceptors (Lipinski definition) is 4. The smallest absolute Gasteiger partial charge is 0.261 e. The molecule has 2 rings (SSSR count). The van der Waals surface area contributed by atoms with Crippen molar-refractivity contribution in [2.45, 2.75) is 4.90 Å². The van der Waals surface area contributed by atoms with Gasteiger partial charge in [-0.15, -0.1) is 0 Å². The average Bonchev–Trinajstić information content (AvgIpc) is 2.51. The summed E-state index contributed by atoms with van der Waals surface area (Å²) in [5.41, 5.74) is 1.40. The summed E-state index contributed by atoms with van der Waals surface area (Å²) in [4.78, 5) is 2.14. The van der Waals surface area contributed by atoms with Crippen LogP contribution in [0, 0.1) is 0 Å². The van der Waals surface area contributed by atoms with Gasteiger partial charge in [0.25, 0.3) is 10.0 Å². The molecule has 0 spiro atoms. The number of nitrogens with one attached hydrogen (secondary N) is 2. The van der Waals surface area contributed by atoms with Gasteiger partial charge in [-0.3, -0.25) is 4.72 Å². The molecule has 0 saturated carbocycles. The lowest BCUT2D eigenvalue weighted by Crippen LogP contribution is -2.20. The SMILES string of the molecule is CN(C)CCNc1ccc(NS(=O)(=O)c2ccc(Cl)c(Cl)c2)cc1.